The minimum atomic E-state index is 0.409. The van der Waals surface area contributed by atoms with Crippen LogP contribution in [-0.2, 0) is 0 Å². The van der Waals surface area contributed by atoms with Crippen LogP contribution in [0.4, 0.5) is 5.82 Å². The normalized spacial score (nSPS) is 20.0. The number of hydrogen-bond acceptors (Lipinski definition) is 8. The van der Waals surface area contributed by atoms with E-state index in [0.717, 1.165) is 42.9 Å². The lowest BCUT2D eigenvalue weighted by molar-refractivity contribution is 0.237. The molecule has 2 N–H and O–H groups in total. The van der Waals surface area contributed by atoms with Crippen molar-refractivity contribution in [2.45, 2.75) is 19.3 Å². The lowest BCUT2D eigenvalue weighted by Crippen LogP contribution is -2.41. The van der Waals surface area contributed by atoms with Crippen LogP contribution >= 0.6 is 12.1 Å². The van der Waals surface area contributed by atoms with E-state index in [1.165, 1.54) is 31.4 Å². The molecule has 2 aromatic rings. The van der Waals surface area contributed by atoms with Crippen molar-refractivity contribution in [3.05, 3.63) is 18.5 Å². The van der Waals surface area contributed by atoms with Crippen LogP contribution in [0.1, 0.15) is 19.3 Å². The molecule has 140 valence electrons. The molecule has 0 aliphatic carbocycles. The summed E-state index contributed by atoms with van der Waals surface area (Å²) in [5, 5.41) is 6.75. The lowest BCUT2D eigenvalue weighted by atomic mass is 9.78. The first-order valence-electron chi connectivity index (χ1n) is 8.91. The van der Waals surface area contributed by atoms with Gasteiger partial charge >= 0.3 is 0 Å². The maximum atomic E-state index is 5.75. The molecule has 26 heavy (non-hydrogen) atoms. The van der Waals surface area contributed by atoms with Crippen molar-refractivity contribution in [2.24, 2.45) is 10.6 Å². The second kappa shape index (κ2) is 7.09. The highest BCUT2D eigenvalue weighted by Crippen LogP contribution is 2.43. The molecule has 2 saturated heterocycles. The third-order valence-electron chi connectivity index (χ3n) is 5.80. The number of anilines is 1. The van der Waals surface area contributed by atoms with Crippen molar-refractivity contribution >= 4 is 28.9 Å². The molecule has 2 fully saturated rings. The van der Waals surface area contributed by atoms with E-state index in [1.807, 2.05) is 12.1 Å². The zero-order chi connectivity index (χ0) is 18.1. The molecule has 2 aliphatic rings. The fourth-order valence-electron chi connectivity index (χ4n) is 4.21. The van der Waals surface area contributed by atoms with E-state index in [2.05, 4.69) is 19.2 Å². The Bertz CT molecular complexity index is 794. The summed E-state index contributed by atoms with van der Waals surface area (Å²) in [6, 6.07) is 3.90. The fourth-order valence-corrected chi connectivity index (χ4v) is 4.75. The predicted molar refractivity (Wildman–Crippen MR) is 104 cm³/mol. The van der Waals surface area contributed by atoms with Gasteiger partial charge in [0.05, 0.1) is 19.7 Å². The molecular formula is C18H25N5O2S. The van der Waals surface area contributed by atoms with Crippen LogP contribution in [0.15, 0.2) is 18.5 Å². The van der Waals surface area contributed by atoms with Gasteiger partial charge in [0.2, 0.25) is 0 Å². The zero-order valence-corrected chi connectivity index (χ0v) is 16.1. The number of aromatic nitrogens is 2. The van der Waals surface area contributed by atoms with E-state index in [1.54, 1.807) is 20.5 Å². The van der Waals surface area contributed by atoms with Gasteiger partial charge in [-0.25, -0.2) is 14.3 Å². The Hall–Kier alpha value is -1.77. The van der Waals surface area contributed by atoms with Crippen LogP contribution in [0.3, 0.4) is 0 Å². The van der Waals surface area contributed by atoms with Crippen LogP contribution in [0.25, 0.3) is 10.9 Å². The topological polar surface area (TPSA) is 76.7 Å². The maximum absolute atomic E-state index is 5.75. The molecule has 7 nitrogen and oxygen atoms in total. The maximum Gasteiger partial charge on any atom is 0.162 e. The second-order valence-corrected chi connectivity index (χ2v) is 7.85. The average Bonchev–Trinajstić information content (AvgIpc) is 3.10. The minimum Gasteiger partial charge on any atom is -0.493 e. The number of nitrogens with two attached hydrogens (primary N) is 1. The second-order valence-electron chi connectivity index (χ2n) is 7.13. The fraction of sp³-hybridized carbons (Fsp3) is 0.556. The number of ether oxygens (including phenoxy) is 2. The van der Waals surface area contributed by atoms with Crippen molar-refractivity contribution in [1.29, 1.82) is 0 Å². The molecule has 3 heterocycles. The first-order chi connectivity index (χ1) is 12.7. The third kappa shape index (κ3) is 3.06. The molecule has 1 aromatic carbocycles. The van der Waals surface area contributed by atoms with Gasteiger partial charge in [-0.05, 0) is 30.7 Å². The van der Waals surface area contributed by atoms with Gasteiger partial charge < -0.3 is 14.4 Å². The number of methoxy groups -OCH3 is 2. The average molecular weight is 375 g/mol. The van der Waals surface area contributed by atoms with E-state index in [4.69, 9.17) is 14.6 Å². The Morgan fingerprint density at radius 3 is 2.38 bits per heavy atom. The molecule has 2 aliphatic heterocycles. The van der Waals surface area contributed by atoms with Crippen molar-refractivity contribution in [3.8, 4) is 11.5 Å². The standard InChI is InChI=1S/C18H25N5O2S/c1-24-15-9-13-14(10-16(15)25-2)20-12-21-17(13)22-6-3-18(4-7-22)5-8-23(11-18)26-19/h9-10,12H,3-8,11,19H2,1-2H3. The lowest BCUT2D eigenvalue weighted by Gasteiger charge is -2.40. The molecule has 4 rings (SSSR count). The summed E-state index contributed by atoms with van der Waals surface area (Å²) >= 11 is 1.38. The Morgan fingerprint density at radius 2 is 1.73 bits per heavy atom. The van der Waals surface area contributed by atoms with Gasteiger partial charge in [-0.3, -0.25) is 5.14 Å². The van der Waals surface area contributed by atoms with Crippen molar-refractivity contribution in [2.75, 3.05) is 45.3 Å². The number of piperidine rings is 1. The summed E-state index contributed by atoms with van der Waals surface area (Å²) in [6.07, 6.45) is 5.21. The van der Waals surface area contributed by atoms with Crippen LogP contribution in [-0.4, -0.2) is 54.7 Å². The summed E-state index contributed by atoms with van der Waals surface area (Å²) in [7, 11) is 3.29. The van der Waals surface area contributed by atoms with Crippen LogP contribution < -0.4 is 19.5 Å². The largest absolute Gasteiger partial charge is 0.493 e. The van der Waals surface area contributed by atoms with Gasteiger partial charge in [-0.2, -0.15) is 0 Å². The van der Waals surface area contributed by atoms with Crippen LogP contribution in [0.2, 0.25) is 0 Å². The summed E-state index contributed by atoms with van der Waals surface area (Å²) < 4.78 is 13.2. The highest BCUT2D eigenvalue weighted by molar-refractivity contribution is 7.94. The van der Waals surface area contributed by atoms with Gasteiger partial charge in [0.15, 0.2) is 11.5 Å². The quantitative estimate of drug-likeness (QED) is 0.817. The Labute approximate surface area is 158 Å². The molecule has 0 unspecified atom stereocenters. The van der Waals surface area contributed by atoms with Gasteiger partial charge in [-0.15, -0.1) is 0 Å². The molecule has 8 heteroatoms. The Balaban J connectivity index is 1.60. The summed E-state index contributed by atoms with van der Waals surface area (Å²) in [5.41, 5.74) is 1.28. The molecule has 1 spiro atoms. The molecule has 0 radical (unpaired) electrons. The number of benzene rings is 1. The summed E-state index contributed by atoms with van der Waals surface area (Å²) in [4.78, 5) is 11.4. The van der Waals surface area contributed by atoms with E-state index < -0.39 is 0 Å². The van der Waals surface area contributed by atoms with Gasteiger partial charge in [0.1, 0.15) is 12.1 Å². The van der Waals surface area contributed by atoms with E-state index in [9.17, 15) is 0 Å². The monoisotopic (exact) mass is 375 g/mol. The summed E-state index contributed by atoms with van der Waals surface area (Å²) in [5.74, 6) is 2.37. The van der Waals surface area contributed by atoms with E-state index in [-0.39, 0.29) is 0 Å². The van der Waals surface area contributed by atoms with Crippen LogP contribution in [0.5, 0.6) is 11.5 Å². The van der Waals surface area contributed by atoms with Crippen molar-refractivity contribution < 1.29 is 9.47 Å². The van der Waals surface area contributed by atoms with E-state index in [0.29, 0.717) is 16.9 Å². The number of hydrogen-bond donors (Lipinski definition) is 1. The number of fused-ring (bicyclic) bond motifs is 1. The first kappa shape index (κ1) is 17.6. The molecule has 0 atom stereocenters. The van der Waals surface area contributed by atoms with Crippen molar-refractivity contribution in [1.82, 2.24) is 14.3 Å². The van der Waals surface area contributed by atoms with Crippen molar-refractivity contribution in [3.63, 3.8) is 0 Å². The molecule has 0 amide bonds. The number of rotatable bonds is 4. The van der Waals surface area contributed by atoms with Gasteiger partial charge in [0, 0.05) is 49.8 Å². The smallest absolute Gasteiger partial charge is 0.162 e. The highest BCUT2D eigenvalue weighted by Gasteiger charge is 2.41. The molecule has 0 bridgehead atoms. The van der Waals surface area contributed by atoms with Crippen LogP contribution in [0, 0.1) is 5.41 Å². The summed E-state index contributed by atoms with van der Waals surface area (Å²) in [6.45, 7) is 4.19. The van der Waals surface area contributed by atoms with Gasteiger partial charge in [0.25, 0.3) is 0 Å². The molecule has 0 saturated carbocycles. The zero-order valence-electron chi connectivity index (χ0n) is 15.3. The third-order valence-corrected chi connectivity index (χ3v) is 6.41. The highest BCUT2D eigenvalue weighted by atomic mass is 32.2. The molecule has 1 aromatic heterocycles. The Morgan fingerprint density at radius 1 is 1.04 bits per heavy atom. The predicted octanol–water partition coefficient (Wildman–Crippen LogP) is 2.46. The minimum absolute atomic E-state index is 0.409. The molecular weight excluding hydrogens is 350 g/mol. The van der Waals surface area contributed by atoms with Gasteiger partial charge in [-0.1, -0.05) is 0 Å². The SMILES string of the molecule is COc1cc2ncnc(N3CCC4(CCN(SN)C4)CC3)c2cc1OC. The van der Waals surface area contributed by atoms with E-state index >= 15 is 0 Å². The Kier molecular flexibility index (Phi) is 4.81. The number of nitrogens with zero attached hydrogens (tertiary/aromatic N) is 4. The first-order valence-corrected chi connectivity index (χ1v) is 9.75.